The Hall–Kier alpha value is -7.00. The number of thiophene rings is 1. The number of benzene rings is 9. The molecule has 2 aliphatic rings. The van der Waals surface area contributed by atoms with Gasteiger partial charge in [0.05, 0.1) is 17.1 Å². The Morgan fingerprint density at radius 3 is 1.52 bits per heavy atom. The van der Waals surface area contributed by atoms with Gasteiger partial charge in [-0.3, -0.25) is 0 Å². The predicted molar refractivity (Wildman–Crippen MR) is 265 cm³/mol. The second-order valence-corrected chi connectivity index (χ2v) is 19.1. The molecule has 10 aromatic rings. The average molecular weight is 812 g/mol. The monoisotopic (exact) mass is 811 g/mol. The van der Waals surface area contributed by atoms with Gasteiger partial charge >= 0.3 is 0 Å². The fourth-order valence-corrected chi connectivity index (χ4v) is 12.0. The third-order valence-corrected chi connectivity index (χ3v) is 15.1. The van der Waals surface area contributed by atoms with E-state index in [1.807, 2.05) is 11.3 Å². The van der Waals surface area contributed by atoms with Crippen molar-refractivity contribution in [1.82, 2.24) is 0 Å². The molecule has 1 heterocycles. The van der Waals surface area contributed by atoms with Crippen LogP contribution in [-0.4, -0.2) is 0 Å². The maximum absolute atomic E-state index is 2.55. The Balaban J connectivity index is 1.12. The van der Waals surface area contributed by atoms with Gasteiger partial charge in [0, 0.05) is 47.7 Å². The van der Waals surface area contributed by atoms with E-state index in [9.17, 15) is 0 Å². The summed E-state index contributed by atoms with van der Waals surface area (Å²) in [4.78, 5) is 2.55. The summed E-state index contributed by atoms with van der Waals surface area (Å²) in [5, 5.41) is 2.62. The molecule has 0 saturated heterocycles. The van der Waals surface area contributed by atoms with E-state index in [-0.39, 0.29) is 10.8 Å². The summed E-state index contributed by atoms with van der Waals surface area (Å²) >= 11 is 1.87. The van der Waals surface area contributed by atoms with Crippen molar-refractivity contribution in [3.8, 4) is 55.6 Å². The lowest BCUT2D eigenvalue weighted by Gasteiger charge is -2.32. The van der Waals surface area contributed by atoms with Crippen molar-refractivity contribution >= 4 is 48.6 Å². The number of hydrogen-bond acceptors (Lipinski definition) is 2. The van der Waals surface area contributed by atoms with Gasteiger partial charge in [0.25, 0.3) is 0 Å². The molecule has 12 rings (SSSR count). The maximum atomic E-state index is 2.55. The number of hydrogen-bond donors (Lipinski definition) is 0. The standard InChI is InChI=1S/C60H45NS/c1-59(2)49-25-11-5-20-42(49)48-36-38(33-35-51(48)59)40-18-7-13-28-53(40)61(54-29-14-8-19-41(54)39-32-34-45-44-22-10-16-31-56(44)62-57(45)37-39)55-30-15-9-21-43(55)46-24-17-27-52-58(46)47-23-6-12-26-50(47)60(52,3)4/h5-37H,1-4H3. The molecule has 0 amide bonds. The van der Waals surface area contributed by atoms with Crippen molar-refractivity contribution in [1.29, 1.82) is 0 Å². The first kappa shape index (κ1) is 36.8. The van der Waals surface area contributed by atoms with Crippen LogP contribution < -0.4 is 4.90 Å². The van der Waals surface area contributed by atoms with Crippen molar-refractivity contribution in [3.63, 3.8) is 0 Å². The molecule has 1 aromatic heterocycles. The van der Waals surface area contributed by atoms with Crippen molar-refractivity contribution in [3.05, 3.63) is 222 Å². The van der Waals surface area contributed by atoms with Crippen LogP contribution in [0, 0.1) is 0 Å². The lowest BCUT2D eigenvalue weighted by molar-refractivity contribution is 0.660. The van der Waals surface area contributed by atoms with E-state index in [4.69, 9.17) is 0 Å². The fraction of sp³-hybridized carbons (Fsp3) is 0.100. The van der Waals surface area contributed by atoms with Crippen LogP contribution in [0.25, 0.3) is 75.8 Å². The highest BCUT2D eigenvalue weighted by Gasteiger charge is 2.38. The van der Waals surface area contributed by atoms with Crippen LogP contribution in [0.4, 0.5) is 17.1 Å². The summed E-state index contributed by atoms with van der Waals surface area (Å²) in [5.41, 5.74) is 21.3. The maximum Gasteiger partial charge on any atom is 0.0540 e. The van der Waals surface area contributed by atoms with Gasteiger partial charge in [-0.2, -0.15) is 0 Å². The van der Waals surface area contributed by atoms with E-state index in [0.29, 0.717) is 0 Å². The number of rotatable bonds is 6. The summed E-state index contributed by atoms with van der Waals surface area (Å²) in [7, 11) is 0. The van der Waals surface area contributed by atoms with Crippen LogP contribution >= 0.6 is 11.3 Å². The van der Waals surface area contributed by atoms with E-state index in [1.54, 1.807) is 0 Å². The molecule has 0 saturated carbocycles. The highest BCUT2D eigenvalue weighted by atomic mass is 32.1. The van der Waals surface area contributed by atoms with Gasteiger partial charge in [0.2, 0.25) is 0 Å². The molecule has 296 valence electrons. The SMILES string of the molecule is CC1(C)c2ccccc2-c2cc(-c3ccccc3N(c3ccccc3-c3ccc4c(c3)sc3ccccc34)c3ccccc3-c3cccc4c3-c3ccccc3C4(C)C)ccc21. The summed E-state index contributed by atoms with van der Waals surface area (Å²) in [6.07, 6.45) is 0. The van der Waals surface area contributed by atoms with E-state index in [2.05, 4.69) is 233 Å². The van der Waals surface area contributed by atoms with Gasteiger partial charge in [-0.25, -0.2) is 0 Å². The second kappa shape index (κ2) is 13.8. The van der Waals surface area contributed by atoms with Crippen LogP contribution in [0.5, 0.6) is 0 Å². The van der Waals surface area contributed by atoms with Crippen molar-refractivity contribution < 1.29 is 0 Å². The molecular formula is C60H45NS. The molecule has 0 N–H and O–H groups in total. The molecule has 0 bridgehead atoms. The van der Waals surface area contributed by atoms with Crippen LogP contribution in [-0.2, 0) is 10.8 Å². The third kappa shape index (κ3) is 5.39. The normalized spacial score (nSPS) is 14.1. The number of anilines is 3. The van der Waals surface area contributed by atoms with Crippen LogP contribution in [0.3, 0.4) is 0 Å². The molecule has 0 atom stereocenters. The lowest BCUT2D eigenvalue weighted by Crippen LogP contribution is -2.15. The van der Waals surface area contributed by atoms with Gasteiger partial charge in [-0.15, -0.1) is 11.3 Å². The Kier molecular flexibility index (Phi) is 8.17. The molecule has 0 spiro atoms. The van der Waals surface area contributed by atoms with Gasteiger partial charge in [0.15, 0.2) is 0 Å². The molecule has 2 aliphatic carbocycles. The summed E-state index contributed by atoms with van der Waals surface area (Å²) < 4.78 is 2.62. The molecule has 0 unspecified atom stereocenters. The molecular weight excluding hydrogens is 767 g/mol. The minimum atomic E-state index is -0.109. The van der Waals surface area contributed by atoms with Crippen LogP contribution in [0.2, 0.25) is 0 Å². The van der Waals surface area contributed by atoms with Gasteiger partial charge in [-0.1, -0.05) is 191 Å². The van der Waals surface area contributed by atoms with Gasteiger partial charge < -0.3 is 4.90 Å². The largest absolute Gasteiger partial charge is 0.309 e. The average Bonchev–Trinajstić information content (AvgIpc) is 3.89. The summed E-state index contributed by atoms with van der Waals surface area (Å²) in [6, 6.07) is 74.9. The minimum absolute atomic E-state index is 0.0630. The number of fused-ring (bicyclic) bond motifs is 9. The quantitative estimate of drug-likeness (QED) is 0.162. The Bertz CT molecular complexity index is 3430. The minimum Gasteiger partial charge on any atom is -0.309 e. The highest BCUT2D eigenvalue weighted by Crippen LogP contribution is 2.56. The lowest BCUT2D eigenvalue weighted by atomic mass is 9.82. The fourth-order valence-electron chi connectivity index (χ4n) is 10.9. The first-order valence-corrected chi connectivity index (χ1v) is 22.6. The Morgan fingerprint density at radius 2 is 0.790 bits per heavy atom. The topological polar surface area (TPSA) is 3.24 Å². The van der Waals surface area contributed by atoms with E-state index >= 15 is 0 Å². The van der Waals surface area contributed by atoms with E-state index in [0.717, 1.165) is 17.1 Å². The predicted octanol–water partition coefficient (Wildman–Crippen LogP) is 17.1. The molecule has 0 aliphatic heterocycles. The highest BCUT2D eigenvalue weighted by molar-refractivity contribution is 7.25. The first-order valence-electron chi connectivity index (χ1n) is 21.8. The molecule has 62 heavy (non-hydrogen) atoms. The van der Waals surface area contributed by atoms with Gasteiger partial charge in [-0.05, 0) is 97.6 Å². The molecule has 1 nitrogen and oxygen atoms in total. The zero-order valence-electron chi connectivity index (χ0n) is 35.4. The van der Waals surface area contributed by atoms with E-state index in [1.165, 1.54) is 98.1 Å². The molecule has 9 aromatic carbocycles. The zero-order valence-corrected chi connectivity index (χ0v) is 36.2. The molecule has 0 fully saturated rings. The molecule has 2 heteroatoms. The van der Waals surface area contributed by atoms with E-state index < -0.39 is 0 Å². The zero-order chi connectivity index (χ0) is 41.7. The van der Waals surface area contributed by atoms with Crippen molar-refractivity contribution in [2.75, 3.05) is 4.90 Å². The summed E-state index contributed by atoms with van der Waals surface area (Å²) in [5.74, 6) is 0. The number of nitrogens with zero attached hydrogens (tertiary/aromatic N) is 1. The second-order valence-electron chi connectivity index (χ2n) is 18.0. The van der Waals surface area contributed by atoms with Crippen LogP contribution in [0.15, 0.2) is 200 Å². The van der Waals surface area contributed by atoms with Crippen molar-refractivity contribution in [2.24, 2.45) is 0 Å². The third-order valence-electron chi connectivity index (χ3n) is 13.9. The Labute approximate surface area is 368 Å². The van der Waals surface area contributed by atoms with Crippen molar-refractivity contribution in [2.45, 2.75) is 38.5 Å². The summed E-state index contributed by atoms with van der Waals surface area (Å²) in [6.45, 7) is 9.46. The first-order chi connectivity index (χ1) is 30.3. The Morgan fingerprint density at radius 1 is 0.323 bits per heavy atom. The van der Waals surface area contributed by atoms with Gasteiger partial charge in [0.1, 0.15) is 0 Å². The smallest absolute Gasteiger partial charge is 0.0540 e. The van der Waals surface area contributed by atoms with Crippen LogP contribution in [0.1, 0.15) is 49.9 Å². The molecule has 0 radical (unpaired) electrons. The number of para-hydroxylation sites is 3.